The first-order valence-corrected chi connectivity index (χ1v) is 6.36. The van der Waals surface area contributed by atoms with E-state index < -0.39 is 0 Å². The van der Waals surface area contributed by atoms with Crippen LogP contribution < -0.4 is 0 Å². The Hall–Kier alpha value is -0.0800. The molecule has 0 spiro atoms. The maximum absolute atomic E-state index is 10.4. The van der Waals surface area contributed by atoms with Crippen molar-refractivity contribution in [3.8, 4) is 0 Å². The molecule has 0 amide bonds. The molecule has 1 N–H and O–H groups in total. The van der Waals surface area contributed by atoms with Gasteiger partial charge in [0.1, 0.15) is 0 Å². The third-order valence-electron chi connectivity index (χ3n) is 4.28. The smallest absolute Gasteiger partial charge is 0.0675 e. The van der Waals surface area contributed by atoms with Crippen molar-refractivity contribution in [2.45, 2.75) is 83.0 Å². The number of aliphatic hydroxyl groups is 1. The van der Waals surface area contributed by atoms with Gasteiger partial charge < -0.3 is 5.11 Å². The van der Waals surface area contributed by atoms with E-state index in [1.165, 1.54) is 12.8 Å². The summed E-state index contributed by atoms with van der Waals surface area (Å²) in [6.07, 6.45) is 5.45. The van der Waals surface area contributed by atoms with E-state index in [2.05, 4.69) is 32.6 Å². The Labute approximate surface area is 93.7 Å². The van der Waals surface area contributed by atoms with Gasteiger partial charge in [0.05, 0.1) is 5.60 Å². The van der Waals surface area contributed by atoms with Crippen molar-refractivity contribution in [1.82, 2.24) is 4.90 Å². The van der Waals surface area contributed by atoms with Crippen molar-refractivity contribution in [1.29, 1.82) is 0 Å². The summed E-state index contributed by atoms with van der Waals surface area (Å²) in [7, 11) is 0. The fraction of sp³-hybridized carbons (Fsp3) is 1.00. The zero-order chi connectivity index (χ0) is 11.3. The van der Waals surface area contributed by atoms with Gasteiger partial charge in [-0.25, -0.2) is 0 Å². The third-order valence-corrected chi connectivity index (χ3v) is 4.28. The molecule has 88 valence electrons. The number of piperidine rings is 1. The lowest BCUT2D eigenvalue weighted by molar-refractivity contribution is -0.0796. The van der Waals surface area contributed by atoms with E-state index in [-0.39, 0.29) is 11.1 Å². The number of rotatable bonds is 1. The summed E-state index contributed by atoms with van der Waals surface area (Å²) in [6.45, 7) is 9.02. The predicted molar refractivity (Wildman–Crippen MR) is 62.9 cm³/mol. The van der Waals surface area contributed by atoms with E-state index in [4.69, 9.17) is 0 Å². The molecule has 2 heteroatoms. The van der Waals surface area contributed by atoms with Gasteiger partial charge in [0, 0.05) is 17.6 Å². The molecule has 2 heterocycles. The van der Waals surface area contributed by atoms with Gasteiger partial charge >= 0.3 is 0 Å². The van der Waals surface area contributed by atoms with E-state index in [1.54, 1.807) is 0 Å². The van der Waals surface area contributed by atoms with E-state index in [0.29, 0.717) is 12.1 Å². The maximum atomic E-state index is 10.4. The molecule has 2 bridgehead atoms. The first-order chi connectivity index (χ1) is 6.86. The summed E-state index contributed by atoms with van der Waals surface area (Å²) < 4.78 is 0. The summed E-state index contributed by atoms with van der Waals surface area (Å²) in [6, 6.07) is 1.24. The van der Waals surface area contributed by atoms with Gasteiger partial charge in [-0.1, -0.05) is 6.92 Å². The fourth-order valence-corrected chi connectivity index (χ4v) is 3.71. The van der Waals surface area contributed by atoms with Crippen molar-refractivity contribution in [2.24, 2.45) is 0 Å². The zero-order valence-electron chi connectivity index (χ0n) is 10.6. The summed E-state index contributed by atoms with van der Waals surface area (Å²) in [4.78, 5) is 2.65. The molecular weight excluding hydrogens is 186 g/mol. The lowest BCUT2D eigenvalue weighted by atomic mass is 9.82. The lowest BCUT2D eigenvalue weighted by Gasteiger charge is -2.49. The normalized spacial score (nSPS) is 42.2. The van der Waals surface area contributed by atoms with Gasteiger partial charge in [0.25, 0.3) is 0 Å². The molecule has 0 saturated carbocycles. The molecule has 2 aliphatic heterocycles. The summed E-state index contributed by atoms with van der Waals surface area (Å²) in [5.74, 6) is 0. The van der Waals surface area contributed by atoms with Crippen molar-refractivity contribution in [2.75, 3.05) is 0 Å². The summed E-state index contributed by atoms with van der Waals surface area (Å²) in [5.41, 5.74) is -0.103. The van der Waals surface area contributed by atoms with Crippen LogP contribution in [0.2, 0.25) is 0 Å². The second-order valence-electron chi connectivity index (χ2n) is 6.45. The predicted octanol–water partition coefficient (Wildman–Crippen LogP) is 2.55. The quantitative estimate of drug-likeness (QED) is 0.720. The first-order valence-electron chi connectivity index (χ1n) is 6.36. The first kappa shape index (κ1) is 11.4. The van der Waals surface area contributed by atoms with Crippen LogP contribution in [0.1, 0.15) is 59.8 Å². The molecule has 2 rings (SSSR count). The Kier molecular flexibility index (Phi) is 2.63. The molecule has 2 unspecified atom stereocenters. The Balaban J connectivity index is 2.17. The summed E-state index contributed by atoms with van der Waals surface area (Å²) in [5, 5.41) is 10.4. The molecule has 2 fully saturated rings. The van der Waals surface area contributed by atoms with E-state index >= 15 is 0 Å². The maximum Gasteiger partial charge on any atom is 0.0675 e. The highest BCUT2D eigenvalue weighted by molar-refractivity contribution is 5.04. The van der Waals surface area contributed by atoms with Gasteiger partial charge in [-0.05, 0) is 52.9 Å². The highest BCUT2D eigenvalue weighted by Crippen LogP contribution is 2.45. The Morgan fingerprint density at radius 3 is 2.00 bits per heavy atom. The monoisotopic (exact) mass is 211 g/mol. The standard InChI is InChI=1S/C13H25NO/c1-5-13(15)8-10-6-7-11(9-13)14(10)12(2,3)4/h10-11,15H,5-9H2,1-4H3. The topological polar surface area (TPSA) is 23.5 Å². The average Bonchev–Trinajstić information content (AvgIpc) is 2.40. The molecule has 0 aromatic rings. The van der Waals surface area contributed by atoms with Crippen molar-refractivity contribution in [3.63, 3.8) is 0 Å². The fourth-order valence-electron chi connectivity index (χ4n) is 3.71. The number of nitrogens with zero attached hydrogens (tertiary/aromatic N) is 1. The lowest BCUT2D eigenvalue weighted by Crippen LogP contribution is -2.57. The van der Waals surface area contributed by atoms with Crippen molar-refractivity contribution < 1.29 is 5.11 Å². The third kappa shape index (κ3) is 1.94. The minimum Gasteiger partial charge on any atom is -0.390 e. The van der Waals surface area contributed by atoms with Crippen LogP contribution in [0.3, 0.4) is 0 Å². The van der Waals surface area contributed by atoms with Gasteiger partial charge in [-0.15, -0.1) is 0 Å². The van der Waals surface area contributed by atoms with Crippen LogP contribution in [0, 0.1) is 0 Å². The molecule has 2 atom stereocenters. The van der Waals surface area contributed by atoms with Crippen LogP contribution >= 0.6 is 0 Å². The number of hydrogen-bond acceptors (Lipinski definition) is 2. The molecule has 0 aromatic carbocycles. The molecule has 2 nitrogen and oxygen atoms in total. The van der Waals surface area contributed by atoms with Gasteiger partial charge in [0.2, 0.25) is 0 Å². The van der Waals surface area contributed by atoms with Crippen LogP contribution in [0.15, 0.2) is 0 Å². The zero-order valence-corrected chi connectivity index (χ0v) is 10.6. The molecule has 2 aliphatic rings. The minimum atomic E-state index is -0.367. The molecule has 2 saturated heterocycles. The molecule has 0 radical (unpaired) electrons. The second-order valence-corrected chi connectivity index (χ2v) is 6.45. The van der Waals surface area contributed by atoms with Crippen molar-refractivity contribution in [3.05, 3.63) is 0 Å². The van der Waals surface area contributed by atoms with E-state index in [0.717, 1.165) is 19.3 Å². The van der Waals surface area contributed by atoms with Crippen LogP contribution in [0.5, 0.6) is 0 Å². The summed E-state index contributed by atoms with van der Waals surface area (Å²) >= 11 is 0. The molecule has 0 aliphatic carbocycles. The van der Waals surface area contributed by atoms with E-state index in [1.807, 2.05) is 0 Å². The van der Waals surface area contributed by atoms with Gasteiger partial charge in [-0.2, -0.15) is 0 Å². The Bertz CT molecular complexity index is 229. The average molecular weight is 211 g/mol. The SMILES string of the molecule is CCC1(O)CC2CCC(C1)N2C(C)(C)C. The molecular formula is C13H25NO. The van der Waals surface area contributed by atoms with Crippen molar-refractivity contribution >= 4 is 0 Å². The van der Waals surface area contributed by atoms with Crippen LogP contribution in [-0.4, -0.2) is 33.2 Å². The number of fused-ring (bicyclic) bond motifs is 2. The molecule has 0 aromatic heterocycles. The van der Waals surface area contributed by atoms with E-state index in [9.17, 15) is 5.11 Å². The molecule has 15 heavy (non-hydrogen) atoms. The number of hydrogen-bond donors (Lipinski definition) is 1. The van der Waals surface area contributed by atoms with Gasteiger partial charge in [0.15, 0.2) is 0 Å². The van der Waals surface area contributed by atoms with Crippen LogP contribution in [0.25, 0.3) is 0 Å². The Morgan fingerprint density at radius 1 is 1.20 bits per heavy atom. The van der Waals surface area contributed by atoms with Gasteiger partial charge in [-0.3, -0.25) is 4.90 Å². The minimum absolute atomic E-state index is 0.265. The highest BCUT2D eigenvalue weighted by atomic mass is 16.3. The van der Waals surface area contributed by atoms with Crippen LogP contribution in [0.4, 0.5) is 0 Å². The Morgan fingerprint density at radius 2 is 1.67 bits per heavy atom. The highest BCUT2D eigenvalue weighted by Gasteiger charge is 2.49. The van der Waals surface area contributed by atoms with Crippen LogP contribution in [-0.2, 0) is 0 Å². The largest absolute Gasteiger partial charge is 0.390 e. The second kappa shape index (κ2) is 3.46.